The fraction of sp³-hybridized carbons (Fsp3) is 0. The summed E-state index contributed by atoms with van der Waals surface area (Å²) in [6.07, 6.45) is 1.33. The molecule has 0 aliphatic heterocycles. The molecule has 7 nitrogen and oxygen atoms in total. The average Bonchev–Trinajstić information content (AvgIpc) is 3.08. The molecule has 0 aliphatic rings. The van der Waals surface area contributed by atoms with Gasteiger partial charge in [0.2, 0.25) is 0 Å². The maximum absolute atomic E-state index is 13.4. The van der Waals surface area contributed by atoms with Gasteiger partial charge in [0.15, 0.2) is 11.5 Å². The van der Waals surface area contributed by atoms with Crippen molar-refractivity contribution in [2.75, 3.05) is 5.73 Å². The third-order valence-corrected chi connectivity index (χ3v) is 4.79. The fourth-order valence-corrected chi connectivity index (χ4v) is 3.43. The van der Waals surface area contributed by atoms with Crippen molar-refractivity contribution in [3.8, 4) is 22.9 Å². The van der Waals surface area contributed by atoms with Crippen molar-refractivity contribution in [2.24, 2.45) is 0 Å². The van der Waals surface area contributed by atoms with E-state index in [0.717, 1.165) is 0 Å². The van der Waals surface area contributed by atoms with Gasteiger partial charge < -0.3 is 10.5 Å². The first-order valence-corrected chi connectivity index (χ1v) is 9.45. The summed E-state index contributed by atoms with van der Waals surface area (Å²) >= 11 is 0. The monoisotopic (exact) mass is 413 g/mol. The number of benzene rings is 3. The molecule has 2 N–H and O–H groups in total. The number of imidazole rings is 1. The largest absolute Gasteiger partial charge is 0.457 e. The van der Waals surface area contributed by atoms with Crippen molar-refractivity contribution in [1.29, 1.82) is 0 Å². The zero-order chi connectivity index (χ0) is 21.4. The molecule has 0 amide bonds. The maximum Gasteiger partial charge on any atom is 0.339 e. The summed E-state index contributed by atoms with van der Waals surface area (Å²) in [6, 6.07) is 21.9. The molecule has 3 aromatic carbocycles. The number of aromatic nitrogens is 4. The predicted octanol–water partition coefficient (Wildman–Crippen LogP) is 4.09. The molecule has 5 rings (SSSR count). The van der Waals surface area contributed by atoms with E-state index in [0.29, 0.717) is 34.0 Å². The Morgan fingerprint density at radius 2 is 1.55 bits per heavy atom. The molecule has 152 valence electrons. The summed E-state index contributed by atoms with van der Waals surface area (Å²) in [7, 11) is 0. The molecule has 0 radical (unpaired) electrons. The third kappa shape index (κ3) is 3.29. The van der Waals surface area contributed by atoms with E-state index in [9.17, 15) is 9.18 Å². The van der Waals surface area contributed by atoms with Gasteiger partial charge in [-0.05, 0) is 48.5 Å². The Labute approximate surface area is 175 Å². The van der Waals surface area contributed by atoms with Crippen LogP contribution in [0, 0.1) is 5.82 Å². The highest BCUT2D eigenvalue weighted by Crippen LogP contribution is 2.26. The van der Waals surface area contributed by atoms with Crippen molar-refractivity contribution in [3.63, 3.8) is 0 Å². The number of ether oxygens (including phenoxy) is 1. The summed E-state index contributed by atoms with van der Waals surface area (Å²) < 4.78 is 22.0. The second-order valence-electron chi connectivity index (χ2n) is 6.77. The molecule has 0 aliphatic carbocycles. The van der Waals surface area contributed by atoms with Crippen LogP contribution in [0.2, 0.25) is 0 Å². The number of nitrogens with zero attached hydrogens (tertiary/aromatic N) is 4. The maximum atomic E-state index is 13.4. The number of fused-ring (bicyclic) bond motifs is 1. The topological polar surface area (TPSA) is 88.0 Å². The minimum Gasteiger partial charge on any atom is -0.457 e. The standard InChI is InChI=1S/C23H16FN5O2/c24-15-5-4-8-19(13-15)31-18-11-9-17(10-12-18)28-20-21(25)26-14-27-22(20)29(23(28)30)16-6-2-1-3-7-16/h1-14H,(H2,25,26,27). The van der Waals surface area contributed by atoms with E-state index in [1.807, 2.05) is 30.3 Å². The van der Waals surface area contributed by atoms with Gasteiger partial charge in [-0.1, -0.05) is 24.3 Å². The first-order valence-electron chi connectivity index (χ1n) is 9.45. The number of rotatable bonds is 4. The molecule has 0 bridgehead atoms. The highest BCUT2D eigenvalue weighted by atomic mass is 19.1. The molecular weight excluding hydrogens is 397 g/mol. The van der Waals surface area contributed by atoms with E-state index in [4.69, 9.17) is 10.5 Å². The second kappa shape index (κ2) is 7.42. The van der Waals surface area contributed by atoms with Gasteiger partial charge in [0, 0.05) is 6.07 Å². The van der Waals surface area contributed by atoms with E-state index in [2.05, 4.69) is 9.97 Å². The molecule has 8 heteroatoms. The molecule has 0 saturated carbocycles. The Hall–Kier alpha value is -4.46. The van der Waals surface area contributed by atoms with Crippen LogP contribution in [0.1, 0.15) is 0 Å². The van der Waals surface area contributed by atoms with Gasteiger partial charge in [0.05, 0.1) is 11.4 Å². The number of nitrogens with two attached hydrogens (primary N) is 1. The van der Waals surface area contributed by atoms with Crippen LogP contribution < -0.4 is 16.2 Å². The lowest BCUT2D eigenvalue weighted by Crippen LogP contribution is -2.22. The van der Waals surface area contributed by atoms with Crippen LogP contribution in [0.25, 0.3) is 22.5 Å². The molecule has 2 heterocycles. The van der Waals surface area contributed by atoms with E-state index in [1.165, 1.54) is 27.6 Å². The van der Waals surface area contributed by atoms with Crippen LogP contribution >= 0.6 is 0 Å². The molecule has 0 spiro atoms. The van der Waals surface area contributed by atoms with Crippen molar-refractivity contribution in [2.45, 2.75) is 0 Å². The predicted molar refractivity (Wildman–Crippen MR) is 115 cm³/mol. The Kier molecular flexibility index (Phi) is 4.44. The second-order valence-corrected chi connectivity index (χ2v) is 6.77. The zero-order valence-corrected chi connectivity index (χ0v) is 16.1. The quantitative estimate of drug-likeness (QED) is 0.480. The normalized spacial score (nSPS) is 11.0. The summed E-state index contributed by atoms with van der Waals surface area (Å²) in [4.78, 5) is 21.7. The number of halogens is 1. The molecule has 0 unspecified atom stereocenters. The van der Waals surface area contributed by atoms with Crippen LogP contribution in [0.3, 0.4) is 0 Å². The smallest absolute Gasteiger partial charge is 0.339 e. The summed E-state index contributed by atoms with van der Waals surface area (Å²) in [5, 5.41) is 0. The van der Waals surface area contributed by atoms with Crippen molar-refractivity contribution in [3.05, 3.63) is 101 Å². The van der Waals surface area contributed by atoms with Crippen molar-refractivity contribution in [1.82, 2.24) is 19.1 Å². The van der Waals surface area contributed by atoms with Crippen molar-refractivity contribution < 1.29 is 9.13 Å². The number of para-hydroxylation sites is 1. The van der Waals surface area contributed by atoms with E-state index in [-0.39, 0.29) is 17.3 Å². The van der Waals surface area contributed by atoms with Crippen LogP contribution in [0.15, 0.2) is 90.0 Å². The van der Waals surface area contributed by atoms with Gasteiger partial charge >= 0.3 is 5.69 Å². The average molecular weight is 413 g/mol. The molecule has 2 aromatic heterocycles. The van der Waals surface area contributed by atoms with Crippen LogP contribution in [0.5, 0.6) is 11.5 Å². The molecule has 0 saturated heterocycles. The first-order chi connectivity index (χ1) is 15.1. The number of hydrogen-bond acceptors (Lipinski definition) is 5. The molecular formula is C23H16FN5O2. The van der Waals surface area contributed by atoms with Crippen LogP contribution in [-0.2, 0) is 0 Å². The van der Waals surface area contributed by atoms with Crippen molar-refractivity contribution >= 4 is 17.0 Å². The minimum atomic E-state index is -0.384. The fourth-order valence-electron chi connectivity index (χ4n) is 3.43. The number of nitrogen functional groups attached to an aromatic ring is 1. The molecule has 0 fully saturated rings. The SMILES string of the molecule is Nc1ncnc2c1n(-c1ccc(Oc3cccc(F)c3)cc1)c(=O)n2-c1ccccc1. The van der Waals surface area contributed by atoms with Gasteiger partial charge in [0.25, 0.3) is 0 Å². The molecule has 31 heavy (non-hydrogen) atoms. The Bertz CT molecular complexity index is 1440. The summed E-state index contributed by atoms with van der Waals surface area (Å²) in [5.74, 6) is 0.684. The number of hydrogen-bond donors (Lipinski definition) is 1. The Morgan fingerprint density at radius 3 is 2.29 bits per heavy atom. The molecule has 5 aromatic rings. The van der Waals surface area contributed by atoms with Gasteiger partial charge in [-0.3, -0.25) is 4.57 Å². The highest BCUT2D eigenvalue weighted by molar-refractivity contribution is 5.85. The summed E-state index contributed by atoms with van der Waals surface area (Å²) in [6.45, 7) is 0. The van der Waals surface area contributed by atoms with Gasteiger partial charge in [0.1, 0.15) is 29.2 Å². The number of anilines is 1. The highest BCUT2D eigenvalue weighted by Gasteiger charge is 2.19. The minimum absolute atomic E-state index is 0.192. The van der Waals surface area contributed by atoms with E-state index >= 15 is 0 Å². The molecule has 0 atom stereocenters. The van der Waals surface area contributed by atoms with Gasteiger partial charge in [-0.15, -0.1) is 0 Å². The third-order valence-electron chi connectivity index (χ3n) is 4.79. The Balaban J connectivity index is 1.62. The van der Waals surface area contributed by atoms with Gasteiger partial charge in [-0.2, -0.15) is 0 Å². The lowest BCUT2D eigenvalue weighted by atomic mass is 10.3. The van der Waals surface area contributed by atoms with Crippen LogP contribution in [-0.4, -0.2) is 19.1 Å². The first kappa shape index (κ1) is 18.6. The van der Waals surface area contributed by atoms with Gasteiger partial charge in [-0.25, -0.2) is 23.7 Å². The lowest BCUT2D eigenvalue weighted by molar-refractivity contribution is 0.476. The van der Waals surface area contributed by atoms with E-state index in [1.54, 1.807) is 36.4 Å². The van der Waals surface area contributed by atoms with Crippen LogP contribution in [0.4, 0.5) is 10.2 Å². The lowest BCUT2D eigenvalue weighted by Gasteiger charge is -2.08. The zero-order valence-electron chi connectivity index (χ0n) is 16.1. The van der Waals surface area contributed by atoms with E-state index < -0.39 is 0 Å². The summed E-state index contributed by atoms with van der Waals surface area (Å²) in [5.41, 5.74) is 7.84. The Morgan fingerprint density at radius 1 is 0.806 bits per heavy atom.